The fraction of sp³-hybridized carbons (Fsp3) is 0.222. The van der Waals surface area contributed by atoms with Gasteiger partial charge in [0.1, 0.15) is 11.6 Å². The van der Waals surface area contributed by atoms with Crippen LogP contribution in [0.2, 0.25) is 0 Å². The summed E-state index contributed by atoms with van der Waals surface area (Å²) in [6.45, 7) is 0. The van der Waals surface area contributed by atoms with Crippen molar-refractivity contribution in [3.63, 3.8) is 0 Å². The molecule has 5 heteroatoms. The summed E-state index contributed by atoms with van der Waals surface area (Å²) in [5, 5.41) is 17.9. The molecule has 1 N–H and O–H groups in total. The second-order valence-corrected chi connectivity index (χ2v) is 2.43. The van der Waals surface area contributed by atoms with Gasteiger partial charge in [-0.1, -0.05) is 0 Å². The Morgan fingerprint density at radius 1 is 1.43 bits per heavy atom. The Hall–Kier alpha value is -1.96. The second kappa shape index (κ2) is 3.83. The molecule has 0 atom stereocenters. The minimum atomic E-state index is -0.917. The van der Waals surface area contributed by atoms with Gasteiger partial charge in [0.05, 0.1) is 14.2 Å². The fourth-order valence-electron chi connectivity index (χ4n) is 1.06. The molecule has 74 valence electrons. The van der Waals surface area contributed by atoms with E-state index in [1.165, 1.54) is 14.2 Å². The van der Waals surface area contributed by atoms with Crippen LogP contribution in [0.5, 0.6) is 17.2 Å². The molecule has 0 radical (unpaired) electrons. The lowest BCUT2D eigenvalue weighted by atomic mass is 10.1. The van der Waals surface area contributed by atoms with Crippen molar-refractivity contribution in [2.75, 3.05) is 14.2 Å². The lowest BCUT2D eigenvalue weighted by Crippen LogP contribution is -1.95. The highest BCUT2D eigenvalue weighted by Crippen LogP contribution is 2.38. The van der Waals surface area contributed by atoms with Gasteiger partial charge in [-0.05, 0) is 0 Å². The van der Waals surface area contributed by atoms with Crippen LogP contribution in [0.25, 0.3) is 0 Å². The monoisotopic (exact) mass is 197 g/mol. The van der Waals surface area contributed by atoms with E-state index in [-0.39, 0.29) is 17.1 Å². The normalized spacial score (nSPS) is 9.29. The second-order valence-electron chi connectivity index (χ2n) is 2.43. The molecule has 0 saturated carbocycles. The smallest absolute Gasteiger partial charge is 0.182 e. The molecule has 0 aromatic heterocycles. The maximum atomic E-state index is 13.0. The molecular formula is C9H8FNO3. The van der Waals surface area contributed by atoms with E-state index in [9.17, 15) is 9.50 Å². The lowest BCUT2D eigenvalue weighted by Gasteiger charge is -2.10. The molecule has 0 fully saturated rings. The molecule has 0 unspecified atom stereocenters. The first kappa shape index (κ1) is 10.1. The van der Waals surface area contributed by atoms with Crippen LogP contribution < -0.4 is 9.47 Å². The van der Waals surface area contributed by atoms with E-state index < -0.39 is 11.6 Å². The molecule has 4 nitrogen and oxygen atoms in total. The van der Waals surface area contributed by atoms with E-state index >= 15 is 0 Å². The fourth-order valence-corrected chi connectivity index (χ4v) is 1.06. The topological polar surface area (TPSA) is 62.5 Å². The van der Waals surface area contributed by atoms with Crippen molar-refractivity contribution in [2.24, 2.45) is 0 Å². The van der Waals surface area contributed by atoms with Gasteiger partial charge in [-0.15, -0.1) is 0 Å². The molecular weight excluding hydrogens is 189 g/mol. The van der Waals surface area contributed by atoms with Gasteiger partial charge in [-0.3, -0.25) is 0 Å². The van der Waals surface area contributed by atoms with Crippen LogP contribution in [0.15, 0.2) is 6.07 Å². The van der Waals surface area contributed by atoms with Crippen molar-refractivity contribution >= 4 is 0 Å². The number of phenols is 1. The summed E-state index contributed by atoms with van der Waals surface area (Å²) in [4.78, 5) is 0. The van der Waals surface area contributed by atoms with Crippen molar-refractivity contribution in [2.45, 2.75) is 0 Å². The van der Waals surface area contributed by atoms with Crippen LogP contribution in [-0.2, 0) is 0 Å². The third kappa shape index (κ3) is 1.42. The predicted octanol–water partition coefficient (Wildman–Crippen LogP) is 1.42. The number of phenolic OH excluding ortho intramolecular Hbond substituents is 1. The van der Waals surface area contributed by atoms with E-state index in [0.29, 0.717) is 0 Å². The third-order valence-electron chi connectivity index (χ3n) is 1.71. The quantitative estimate of drug-likeness (QED) is 0.778. The van der Waals surface area contributed by atoms with Gasteiger partial charge in [0.2, 0.25) is 0 Å². The molecule has 0 amide bonds. The first-order valence-electron chi connectivity index (χ1n) is 3.69. The van der Waals surface area contributed by atoms with Crippen molar-refractivity contribution in [3.8, 4) is 23.3 Å². The van der Waals surface area contributed by atoms with Gasteiger partial charge in [0.15, 0.2) is 23.1 Å². The zero-order valence-corrected chi connectivity index (χ0v) is 7.67. The summed E-state index contributed by atoms with van der Waals surface area (Å²) in [6.07, 6.45) is 0. The number of aromatic hydroxyl groups is 1. The van der Waals surface area contributed by atoms with Crippen LogP contribution >= 0.6 is 0 Å². The van der Waals surface area contributed by atoms with Crippen molar-refractivity contribution < 1.29 is 19.0 Å². The molecule has 0 saturated heterocycles. The maximum Gasteiger partial charge on any atom is 0.182 e. The first-order valence-corrected chi connectivity index (χ1v) is 3.69. The Bertz CT molecular complexity index is 398. The molecule has 0 spiro atoms. The summed E-state index contributed by atoms with van der Waals surface area (Å²) in [6, 6.07) is 2.59. The Balaban J connectivity index is 3.52. The molecule has 0 aliphatic carbocycles. The summed E-state index contributed by atoms with van der Waals surface area (Å²) in [7, 11) is 2.62. The number of benzene rings is 1. The lowest BCUT2D eigenvalue weighted by molar-refractivity contribution is 0.343. The van der Waals surface area contributed by atoms with Crippen molar-refractivity contribution in [1.82, 2.24) is 0 Å². The number of nitriles is 1. The highest BCUT2D eigenvalue weighted by Gasteiger charge is 2.18. The number of hydrogen-bond donors (Lipinski definition) is 1. The van der Waals surface area contributed by atoms with E-state index in [0.717, 1.165) is 6.07 Å². The summed E-state index contributed by atoms with van der Waals surface area (Å²) < 4.78 is 22.6. The Labute approximate surface area is 80.1 Å². The molecule has 1 aromatic rings. The zero-order valence-electron chi connectivity index (χ0n) is 7.67. The van der Waals surface area contributed by atoms with Gasteiger partial charge < -0.3 is 14.6 Å². The summed E-state index contributed by atoms with van der Waals surface area (Å²) in [5.41, 5.74) is -0.274. The van der Waals surface area contributed by atoms with Crippen LogP contribution in [0.1, 0.15) is 5.56 Å². The molecule has 0 heterocycles. The number of hydrogen-bond acceptors (Lipinski definition) is 4. The van der Waals surface area contributed by atoms with Gasteiger partial charge in [-0.2, -0.15) is 5.26 Å². The number of ether oxygens (including phenoxy) is 2. The van der Waals surface area contributed by atoms with Gasteiger partial charge in [0, 0.05) is 6.07 Å². The molecule has 1 rings (SSSR count). The molecule has 14 heavy (non-hydrogen) atoms. The third-order valence-corrected chi connectivity index (χ3v) is 1.71. The first-order chi connectivity index (χ1) is 6.65. The molecule has 0 aliphatic rings. The number of rotatable bonds is 2. The van der Waals surface area contributed by atoms with Crippen molar-refractivity contribution in [1.29, 1.82) is 5.26 Å². The summed E-state index contributed by atoms with van der Waals surface area (Å²) >= 11 is 0. The Kier molecular flexibility index (Phi) is 2.77. The predicted molar refractivity (Wildman–Crippen MR) is 45.9 cm³/mol. The van der Waals surface area contributed by atoms with Crippen LogP contribution in [0.4, 0.5) is 4.39 Å². The van der Waals surface area contributed by atoms with Crippen LogP contribution in [-0.4, -0.2) is 19.3 Å². The minimum absolute atomic E-state index is 0.0221. The molecule has 0 aliphatic heterocycles. The highest BCUT2D eigenvalue weighted by atomic mass is 19.1. The minimum Gasteiger partial charge on any atom is -0.504 e. The van der Waals surface area contributed by atoms with E-state index in [2.05, 4.69) is 0 Å². The largest absolute Gasteiger partial charge is 0.504 e. The summed E-state index contributed by atoms with van der Waals surface area (Å²) in [5.74, 6) is -1.56. The standard InChI is InChI=1S/C9H8FNO3/c1-13-7-3-6(10)8(12)5(4-11)9(7)14-2/h3,12H,1-2H3. The van der Waals surface area contributed by atoms with Gasteiger partial charge in [-0.25, -0.2) is 4.39 Å². The van der Waals surface area contributed by atoms with Gasteiger partial charge in [0.25, 0.3) is 0 Å². The average molecular weight is 197 g/mol. The maximum absolute atomic E-state index is 13.0. The number of halogens is 1. The van der Waals surface area contributed by atoms with E-state index in [4.69, 9.17) is 14.7 Å². The SMILES string of the molecule is COc1cc(F)c(O)c(C#N)c1OC. The Morgan fingerprint density at radius 2 is 2.07 bits per heavy atom. The highest BCUT2D eigenvalue weighted by molar-refractivity contribution is 5.59. The molecule has 0 bridgehead atoms. The molecule has 1 aromatic carbocycles. The average Bonchev–Trinajstić information content (AvgIpc) is 2.20. The number of nitrogens with zero attached hydrogens (tertiary/aromatic N) is 1. The number of methoxy groups -OCH3 is 2. The van der Waals surface area contributed by atoms with E-state index in [1.54, 1.807) is 6.07 Å². The van der Waals surface area contributed by atoms with E-state index in [1.807, 2.05) is 0 Å². The van der Waals surface area contributed by atoms with Crippen LogP contribution in [0.3, 0.4) is 0 Å². The van der Waals surface area contributed by atoms with Crippen LogP contribution in [0, 0.1) is 17.1 Å². The van der Waals surface area contributed by atoms with Gasteiger partial charge >= 0.3 is 0 Å². The van der Waals surface area contributed by atoms with Crippen molar-refractivity contribution in [3.05, 3.63) is 17.4 Å². The zero-order chi connectivity index (χ0) is 10.7. The Morgan fingerprint density at radius 3 is 2.50 bits per heavy atom.